The van der Waals surface area contributed by atoms with Crippen molar-refractivity contribution in [1.82, 2.24) is 4.90 Å². The van der Waals surface area contributed by atoms with Crippen molar-refractivity contribution < 1.29 is 14.3 Å². The second-order valence-corrected chi connectivity index (χ2v) is 7.85. The lowest BCUT2D eigenvalue weighted by atomic mass is 10.2. The van der Waals surface area contributed by atoms with Crippen molar-refractivity contribution >= 4 is 40.4 Å². The summed E-state index contributed by atoms with van der Waals surface area (Å²) in [5, 5.41) is 3.56. The largest absolute Gasteiger partial charge is 0.375 e. The van der Waals surface area contributed by atoms with E-state index in [-0.39, 0.29) is 24.5 Å². The zero-order chi connectivity index (χ0) is 18.7. The molecule has 138 valence electrons. The SMILES string of the molecule is COCC(=O)N1CCCC1c1ccc(C(=O)Nc2ccc(Cl)cc2C)s1. The Balaban J connectivity index is 1.72. The van der Waals surface area contributed by atoms with E-state index in [4.69, 9.17) is 16.3 Å². The number of nitrogens with one attached hydrogen (secondary N) is 1. The average Bonchev–Trinajstić information content (AvgIpc) is 3.26. The maximum absolute atomic E-state index is 12.6. The van der Waals surface area contributed by atoms with Gasteiger partial charge >= 0.3 is 0 Å². The lowest BCUT2D eigenvalue weighted by molar-refractivity contribution is -0.136. The number of anilines is 1. The van der Waals surface area contributed by atoms with Crippen LogP contribution in [0.4, 0.5) is 5.69 Å². The molecule has 0 saturated carbocycles. The van der Waals surface area contributed by atoms with Crippen LogP contribution in [0.15, 0.2) is 30.3 Å². The molecule has 1 aliphatic heterocycles. The zero-order valence-electron chi connectivity index (χ0n) is 14.8. The first-order valence-corrected chi connectivity index (χ1v) is 9.64. The lowest BCUT2D eigenvalue weighted by Gasteiger charge is -2.23. The van der Waals surface area contributed by atoms with E-state index in [9.17, 15) is 9.59 Å². The van der Waals surface area contributed by atoms with Crippen LogP contribution in [0.1, 0.15) is 39.0 Å². The molecule has 0 aliphatic carbocycles. The van der Waals surface area contributed by atoms with E-state index in [1.165, 1.54) is 18.4 Å². The summed E-state index contributed by atoms with van der Waals surface area (Å²) in [6.07, 6.45) is 1.87. The molecule has 1 fully saturated rings. The Bertz CT molecular complexity index is 821. The monoisotopic (exact) mass is 392 g/mol. The van der Waals surface area contributed by atoms with Crippen LogP contribution in [0.25, 0.3) is 0 Å². The molecule has 0 bridgehead atoms. The van der Waals surface area contributed by atoms with Crippen LogP contribution in [0, 0.1) is 6.92 Å². The van der Waals surface area contributed by atoms with E-state index in [0.29, 0.717) is 9.90 Å². The molecule has 3 rings (SSSR count). The van der Waals surface area contributed by atoms with E-state index in [1.54, 1.807) is 12.1 Å². The molecule has 1 unspecified atom stereocenters. The number of nitrogens with zero attached hydrogens (tertiary/aromatic N) is 1. The van der Waals surface area contributed by atoms with E-state index in [1.807, 2.05) is 30.0 Å². The molecule has 2 aromatic rings. The summed E-state index contributed by atoms with van der Waals surface area (Å²) in [6, 6.07) is 9.15. The molecule has 1 saturated heterocycles. The molecule has 1 aromatic heterocycles. The van der Waals surface area contributed by atoms with Gasteiger partial charge < -0.3 is 15.0 Å². The molecule has 1 aromatic carbocycles. The van der Waals surface area contributed by atoms with E-state index in [0.717, 1.165) is 35.5 Å². The number of carbonyl (C=O) groups is 2. The molecule has 1 N–H and O–H groups in total. The Labute approximate surface area is 161 Å². The zero-order valence-corrected chi connectivity index (χ0v) is 16.3. The van der Waals surface area contributed by atoms with E-state index in [2.05, 4.69) is 5.32 Å². The Hall–Kier alpha value is -1.89. The van der Waals surface area contributed by atoms with Crippen LogP contribution < -0.4 is 5.32 Å². The third-order valence-corrected chi connectivity index (χ3v) is 5.88. The smallest absolute Gasteiger partial charge is 0.265 e. The maximum Gasteiger partial charge on any atom is 0.265 e. The van der Waals surface area contributed by atoms with Crippen LogP contribution in [-0.2, 0) is 9.53 Å². The van der Waals surface area contributed by atoms with Gasteiger partial charge in [0.1, 0.15) is 6.61 Å². The molecule has 5 nitrogen and oxygen atoms in total. The van der Waals surface area contributed by atoms with Crippen molar-refractivity contribution in [2.24, 2.45) is 0 Å². The van der Waals surface area contributed by atoms with Gasteiger partial charge in [-0.1, -0.05) is 11.6 Å². The second-order valence-electron chi connectivity index (χ2n) is 6.29. The molecule has 7 heteroatoms. The molecule has 0 spiro atoms. The first kappa shape index (κ1) is 18.9. The van der Waals surface area contributed by atoms with Crippen molar-refractivity contribution in [2.45, 2.75) is 25.8 Å². The number of halogens is 1. The number of amides is 2. The number of ether oxygens (including phenoxy) is 1. The summed E-state index contributed by atoms with van der Waals surface area (Å²) < 4.78 is 4.97. The fourth-order valence-corrected chi connectivity index (χ4v) is 4.45. The third-order valence-electron chi connectivity index (χ3n) is 4.46. The number of thiophene rings is 1. The molecule has 26 heavy (non-hydrogen) atoms. The number of carbonyl (C=O) groups excluding carboxylic acids is 2. The molecule has 1 atom stereocenters. The summed E-state index contributed by atoms with van der Waals surface area (Å²) in [4.78, 5) is 28.3. The van der Waals surface area contributed by atoms with Crippen LogP contribution in [-0.4, -0.2) is 37.0 Å². The highest BCUT2D eigenvalue weighted by atomic mass is 35.5. The fourth-order valence-electron chi connectivity index (χ4n) is 3.17. The highest BCUT2D eigenvalue weighted by molar-refractivity contribution is 7.14. The minimum atomic E-state index is -0.153. The summed E-state index contributed by atoms with van der Waals surface area (Å²) in [7, 11) is 1.52. The van der Waals surface area contributed by atoms with Crippen LogP contribution in [0.5, 0.6) is 0 Å². The van der Waals surface area contributed by atoms with Crippen LogP contribution in [0.3, 0.4) is 0 Å². The number of likely N-dealkylation sites (tertiary alicyclic amines) is 1. The molecule has 2 heterocycles. The van der Waals surface area contributed by atoms with Gasteiger partial charge in [0.15, 0.2) is 0 Å². The normalized spacial score (nSPS) is 16.7. The number of methoxy groups -OCH3 is 1. The number of hydrogen-bond donors (Lipinski definition) is 1. The molecule has 2 amide bonds. The summed E-state index contributed by atoms with van der Waals surface area (Å²) in [6.45, 7) is 2.72. The van der Waals surface area contributed by atoms with E-state index < -0.39 is 0 Å². The van der Waals surface area contributed by atoms with Gasteiger partial charge in [-0.05, 0) is 55.7 Å². The van der Waals surface area contributed by atoms with Gasteiger partial charge in [0.25, 0.3) is 5.91 Å². The summed E-state index contributed by atoms with van der Waals surface area (Å²) >= 11 is 7.39. The van der Waals surface area contributed by atoms with Gasteiger partial charge in [-0.2, -0.15) is 0 Å². The fraction of sp³-hybridized carbons (Fsp3) is 0.368. The first-order chi connectivity index (χ1) is 12.5. The van der Waals surface area contributed by atoms with Crippen LogP contribution in [0.2, 0.25) is 5.02 Å². The predicted octanol–water partition coefficient (Wildman–Crippen LogP) is 4.27. The van der Waals surface area contributed by atoms with Gasteiger partial charge in [-0.15, -0.1) is 11.3 Å². The quantitative estimate of drug-likeness (QED) is 0.826. The standard InChI is InChI=1S/C19H21ClN2O3S/c1-12-10-13(20)5-6-14(12)21-19(24)17-8-7-16(26-17)15-4-3-9-22(15)18(23)11-25-2/h5-8,10,15H,3-4,9,11H2,1-2H3,(H,21,24). The molecule has 1 aliphatic rings. The van der Waals surface area contributed by atoms with Crippen LogP contribution >= 0.6 is 22.9 Å². The lowest BCUT2D eigenvalue weighted by Crippen LogP contribution is -2.32. The summed E-state index contributed by atoms with van der Waals surface area (Å²) in [5.74, 6) is -0.161. The van der Waals surface area contributed by atoms with Crippen molar-refractivity contribution in [3.8, 4) is 0 Å². The average molecular weight is 393 g/mol. The molecule has 0 radical (unpaired) electrons. The number of rotatable bonds is 5. The number of aryl methyl sites for hydroxylation is 1. The minimum Gasteiger partial charge on any atom is -0.375 e. The number of benzene rings is 1. The van der Waals surface area contributed by atoms with Crippen molar-refractivity contribution in [3.05, 3.63) is 50.7 Å². The van der Waals surface area contributed by atoms with Gasteiger partial charge in [0.2, 0.25) is 5.91 Å². The summed E-state index contributed by atoms with van der Waals surface area (Å²) in [5.41, 5.74) is 1.65. The number of hydrogen-bond acceptors (Lipinski definition) is 4. The van der Waals surface area contributed by atoms with Crippen molar-refractivity contribution in [3.63, 3.8) is 0 Å². The Kier molecular flexibility index (Phi) is 5.96. The van der Waals surface area contributed by atoms with Crippen molar-refractivity contribution in [2.75, 3.05) is 25.6 Å². The van der Waals surface area contributed by atoms with Gasteiger partial charge in [-0.25, -0.2) is 0 Å². The third kappa shape index (κ3) is 4.09. The van der Waals surface area contributed by atoms with E-state index >= 15 is 0 Å². The predicted molar refractivity (Wildman–Crippen MR) is 104 cm³/mol. The maximum atomic E-state index is 12.6. The molecular weight excluding hydrogens is 372 g/mol. The minimum absolute atomic E-state index is 0.00816. The van der Waals surface area contributed by atoms with Crippen molar-refractivity contribution in [1.29, 1.82) is 0 Å². The highest BCUT2D eigenvalue weighted by Crippen LogP contribution is 2.36. The molecular formula is C19H21ClN2O3S. The second kappa shape index (κ2) is 8.20. The van der Waals surface area contributed by atoms with Gasteiger partial charge in [0, 0.05) is 29.2 Å². The highest BCUT2D eigenvalue weighted by Gasteiger charge is 2.31. The van der Waals surface area contributed by atoms with Gasteiger partial charge in [0.05, 0.1) is 10.9 Å². The Morgan fingerprint density at radius 1 is 1.35 bits per heavy atom. The Morgan fingerprint density at radius 2 is 2.15 bits per heavy atom. The topological polar surface area (TPSA) is 58.6 Å². The first-order valence-electron chi connectivity index (χ1n) is 8.45. The Morgan fingerprint density at radius 3 is 2.88 bits per heavy atom. The van der Waals surface area contributed by atoms with Gasteiger partial charge in [-0.3, -0.25) is 9.59 Å².